The van der Waals surface area contributed by atoms with Crippen LogP contribution in [0.3, 0.4) is 0 Å². The predicted molar refractivity (Wildman–Crippen MR) is 102 cm³/mol. The van der Waals surface area contributed by atoms with Crippen LogP contribution in [0.25, 0.3) is 0 Å². The molecular weight excluding hydrogens is 376 g/mol. The summed E-state index contributed by atoms with van der Waals surface area (Å²) in [5, 5.41) is 12.5. The summed E-state index contributed by atoms with van der Waals surface area (Å²) in [5.74, 6) is -2.76. The molecule has 1 aliphatic carbocycles. The van der Waals surface area contributed by atoms with Crippen LogP contribution in [0.1, 0.15) is 34.1 Å². The molecule has 3 amide bonds. The van der Waals surface area contributed by atoms with Crippen molar-refractivity contribution in [1.82, 2.24) is 5.32 Å². The lowest BCUT2D eigenvalue weighted by atomic mass is 9.92. The van der Waals surface area contributed by atoms with Gasteiger partial charge in [-0.3, -0.25) is 24.6 Å². The number of anilines is 1. The largest absolute Gasteiger partial charge is 0.501 e. The fraction of sp³-hybridized carbons (Fsp3) is 0.143. The van der Waals surface area contributed by atoms with E-state index in [1.54, 1.807) is 31.2 Å². The van der Waals surface area contributed by atoms with Crippen molar-refractivity contribution in [3.63, 3.8) is 0 Å². The fourth-order valence-electron chi connectivity index (χ4n) is 3.41. The molecule has 29 heavy (non-hydrogen) atoms. The molecular formula is C21H16N2O6. The van der Waals surface area contributed by atoms with Crippen molar-refractivity contribution < 1.29 is 29.0 Å². The summed E-state index contributed by atoms with van der Waals surface area (Å²) >= 11 is 0. The molecule has 1 aliphatic heterocycles. The van der Waals surface area contributed by atoms with Gasteiger partial charge in [0.1, 0.15) is 5.75 Å². The maximum Gasteiger partial charge on any atom is 0.328 e. The normalized spacial score (nSPS) is 19.2. The second kappa shape index (κ2) is 6.90. The molecule has 8 heteroatoms. The predicted octanol–water partition coefficient (Wildman–Crippen LogP) is 2.75. The maximum atomic E-state index is 12.7. The first-order valence-electron chi connectivity index (χ1n) is 8.89. The number of aliphatic hydroxyl groups excluding tert-OH is 1. The summed E-state index contributed by atoms with van der Waals surface area (Å²) in [6.45, 7) is 1.73. The van der Waals surface area contributed by atoms with Gasteiger partial charge in [-0.1, -0.05) is 30.3 Å². The molecule has 4 rings (SSSR count). The fourth-order valence-corrected chi connectivity index (χ4v) is 3.41. The zero-order valence-corrected chi connectivity index (χ0v) is 15.3. The van der Waals surface area contributed by atoms with Gasteiger partial charge in [0.05, 0.1) is 0 Å². The first-order chi connectivity index (χ1) is 13.9. The Balaban J connectivity index is 1.66. The van der Waals surface area contributed by atoms with E-state index in [9.17, 15) is 24.3 Å². The molecule has 8 nitrogen and oxygen atoms in total. The summed E-state index contributed by atoms with van der Waals surface area (Å²) < 4.78 is 5.56. The third-order valence-corrected chi connectivity index (χ3v) is 4.76. The van der Waals surface area contributed by atoms with Gasteiger partial charge in [-0.2, -0.15) is 0 Å². The molecule has 2 N–H and O–H groups in total. The SMILES string of the molecule is CC1CC(=O)NC(=O)N1c1cccc(OC2=C(O)C(=O)c3ccccc3C2=O)c1. The summed E-state index contributed by atoms with van der Waals surface area (Å²) in [6.07, 6.45) is 0.145. The van der Waals surface area contributed by atoms with Crippen molar-refractivity contribution in [3.05, 3.63) is 71.2 Å². The van der Waals surface area contributed by atoms with Crippen LogP contribution in [0.2, 0.25) is 0 Å². The molecule has 0 bridgehead atoms. The molecule has 0 radical (unpaired) electrons. The summed E-state index contributed by atoms with van der Waals surface area (Å²) in [5.41, 5.74) is 0.693. The lowest BCUT2D eigenvalue weighted by Gasteiger charge is -2.32. The Kier molecular flexibility index (Phi) is 4.38. The Morgan fingerprint density at radius 3 is 2.38 bits per heavy atom. The Labute approximate surface area is 165 Å². The number of amides is 3. The molecule has 2 aromatic rings. The topological polar surface area (TPSA) is 113 Å². The number of urea groups is 1. The number of ether oxygens (including phenoxy) is 1. The van der Waals surface area contributed by atoms with Crippen LogP contribution >= 0.6 is 0 Å². The van der Waals surface area contributed by atoms with Crippen LogP contribution in [-0.2, 0) is 4.79 Å². The molecule has 1 heterocycles. The number of hydrogen-bond donors (Lipinski definition) is 2. The van der Waals surface area contributed by atoms with Crippen molar-refractivity contribution >= 4 is 29.2 Å². The highest BCUT2D eigenvalue weighted by atomic mass is 16.5. The van der Waals surface area contributed by atoms with Crippen molar-refractivity contribution in [2.24, 2.45) is 0 Å². The van der Waals surface area contributed by atoms with Gasteiger partial charge in [0.15, 0.2) is 0 Å². The van der Waals surface area contributed by atoms with Gasteiger partial charge in [-0.05, 0) is 19.1 Å². The van der Waals surface area contributed by atoms with E-state index >= 15 is 0 Å². The van der Waals surface area contributed by atoms with Gasteiger partial charge in [-0.15, -0.1) is 0 Å². The van der Waals surface area contributed by atoms with Crippen LogP contribution < -0.4 is 15.0 Å². The minimum absolute atomic E-state index is 0.111. The molecule has 0 aromatic heterocycles. The van der Waals surface area contributed by atoms with E-state index in [0.717, 1.165) is 0 Å². The summed E-state index contributed by atoms with van der Waals surface area (Å²) in [6, 6.07) is 11.5. The van der Waals surface area contributed by atoms with E-state index in [0.29, 0.717) is 5.69 Å². The quantitative estimate of drug-likeness (QED) is 0.830. The third-order valence-electron chi connectivity index (χ3n) is 4.76. The zero-order chi connectivity index (χ0) is 20.7. The van der Waals surface area contributed by atoms with Gasteiger partial charge >= 0.3 is 6.03 Å². The zero-order valence-electron chi connectivity index (χ0n) is 15.3. The van der Waals surface area contributed by atoms with Crippen LogP contribution in [0, 0.1) is 0 Å². The second-order valence-electron chi connectivity index (χ2n) is 6.76. The van der Waals surface area contributed by atoms with Crippen LogP contribution in [0.15, 0.2) is 60.0 Å². The van der Waals surface area contributed by atoms with Gasteiger partial charge in [0.25, 0.3) is 0 Å². The highest BCUT2D eigenvalue weighted by Crippen LogP contribution is 2.30. The molecule has 0 saturated carbocycles. The number of hydrogen-bond acceptors (Lipinski definition) is 6. The number of rotatable bonds is 3. The Bertz CT molecular complexity index is 1100. The first-order valence-corrected chi connectivity index (χ1v) is 8.89. The average molecular weight is 392 g/mol. The average Bonchev–Trinajstić information content (AvgIpc) is 2.69. The number of ketones is 2. The van der Waals surface area contributed by atoms with E-state index in [-0.39, 0.29) is 35.2 Å². The minimum Gasteiger partial charge on any atom is -0.501 e. The van der Waals surface area contributed by atoms with Crippen LogP contribution in [0.4, 0.5) is 10.5 Å². The van der Waals surface area contributed by atoms with Gasteiger partial charge in [-0.25, -0.2) is 4.79 Å². The lowest BCUT2D eigenvalue weighted by Crippen LogP contribution is -2.54. The molecule has 1 atom stereocenters. The van der Waals surface area contributed by atoms with Crippen molar-refractivity contribution in [3.8, 4) is 5.75 Å². The second-order valence-corrected chi connectivity index (χ2v) is 6.76. The number of fused-ring (bicyclic) bond motifs is 1. The maximum absolute atomic E-state index is 12.7. The molecule has 1 unspecified atom stereocenters. The Morgan fingerprint density at radius 2 is 1.69 bits per heavy atom. The van der Waals surface area contributed by atoms with E-state index < -0.39 is 29.1 Å². The molecule has 1 fully saturated rings. The van der Waals surface area contributed by atoms with Crippen molar-refractivity contribution in [1.29, 1.82) is 0 Å². The molecule has 0 spiro atoms. The number of carbonyl (C=O) groups is 4. The van der Waals surface area contributed by atoms with Gasteiger partial charge in [0, 0.05) is 35.3 Å². The summed E-state index contributed by atoms with van der Waals surface area (Å²) in [4.78, 5) is 50.2. The van der Waals surface area contributed by atoms with Crippen LogP contribution in [-0.4, -0.2) is 34.7 Å². The number of carbonyl (C=O) groups excluding carboxylic acids is 4. The first kappa shape index (κ1) is 18.4. The Morgan fingerprint density at radius 1 is 1.00 bits per heavy atom. The molecule has 146 valence electrons. The number of imide groups is 1. The smallest absolute Gasteiger partial charge is 0.328 e. The van der Waals surface area contributed by atoms with E-state index in [2.05, 4.69) is 5.32 Å². The van der Waals surface area contributed by atoms with E-state index in [4.69, 9.17) is 4.74 Å². The molecule has 2 aromatic carbocycles. The van der Waals surface area contributed by atoms with Crippen molar-refractivity contribution in [2.45, 2.75) is 19.4 Å². The highest BCUT2D eigenvalue weighted by Gasteiger charge is 2.34. The molecule has 1 saturated heterocycles. The highest BCUT2D eigenvalue weighted by molar-refractivity contribution is 6.25. The van der Waals surface area contributed by atoms with E-state index in [1.165, 1.54) is 29.2 Å². The summed E-state index contributed by atoms with van der Waals surface area (Å²) in [7, 11) is 0. The number of Topliss-reactive ketones (excluding diaryl/α,β-unsaturated/α-hetero) is 2. The number of nitrogens with one attached hydrogen (secondary N) is 1. The third kappa shape index (κ3) is 3.14. The number of aliphatic hydroxyl groups is 1. The van der Waals surface area contributed by atoms with Crippen molar-refractivity contribution in [2.75, 3.05) is 4.90 Å². The monoisotopic (exact) mass is 392 g/mol. The number of benzene rings is 2. The minimum atomic E-state index is -0.770. The van der Waals surface area contributed by atoms with Crippen LogP contribution in [0.5, 0.6) is 5.75 Å². The lowest BCUT2D eigenvalue weighted by molar-refractivity contribution is -0.120. The number of nitrogens with zero attached hydrogens (tertiary/aromatic N) is 1. The van der Waals surface area contributed by atoms with Gasteiger partial charge < -0.3 is 9.84 Å². The number of allylic oxidation sites excluding steroid dienone is 2. The molecule has 2 aliphatic rings. The Hall–Kier alpha value is -3.94. The van der Waals surface area contributed by atoms with Gasteiger partial charge in [0.2, 0.25) is 29.0 Å². The standard InChI is InChI=1S/C21H16N2O6/c1-11-9-16(24)22-21(28)23(11)12-5-4-6-13(10-12)29-20-18(26)15-8-3-2-7-14(15)17(25)19(20)27/h2-8,10-11,27H,9H2,1H3,(H,22,24,28). The van der Waals surface area contributed by atoms with E-state index in [1.807, 2.05) is 0 Å².